The fourth-order valence-corrected chi connectivity index (χ4v) is 5.46. The highest BCUT2D eigenvalue weighted by atomic mass is 16.2. The Morgan fingerprint density at radius 1 is 0.490 bits per heavy atom. The summed E-state index contributed by atoms with van der Waals surface area (Å²) in [4.78, 5) is 78.7. The Hall–Kier alpha value is -3.06. The average Bonchev–Trinajstić information content (AvgIpc) is 2.97. The van der Waals surface area contributed by atoms with Crippen LogP contribution in [-0.2, 0) is 28.8 Å². The zero-order chi connectivity index (χ0) is 37.8. The number of nitrogens with two attached hydrogens (primary N) is 2. The lowest BCUT2D eigenvalue weighted by Gasteiger charge is -2.28. The van der Waals surface area contributed by atoms with Crippen LogP contribution >= 0.6 is 0 Å². The number of unbranched alkanes of at least 4 members (excludes halogenated alkanes) is 1. The molecule has 1 radical (unpaired) electrons. The molecule has 0 spiro atoms. The molecule has 0 aliphatic carbocycles. The highest BCUT2D eigenvalue weighted by Gasteiger charge is 2.33. The van der Waals surface area contributed by atoms with E-state index in [4.69, 9.17) is 11.5 Å². The highest BCUT2D eigenvalue weighted by molar-refractivity contribution is 5.96. The molecule has 0 aromatic rings. The number of hydrogen-bond donors (Lipinski definition) is 7. The van der Waals surface area contributed by atoms with Crippen LogP contribution < -0.4 is 38.1 Å². The van der Waals surface area contributed by atoms with Gasteiger partial charge in [0.2, 0.25) is 35.8 Å². The fourth-order valence-electron chi connectivity index (χ4n) is 5.46. The van der Waals surface area contributed by atoms with E-state index in [0.29, 0.717) is 45.1 Å². The summed E-state index contributed by atoms with van der Waals surface area (Å²) < 4.78 is 0. The van der Waals surface area contributed by atoms with Crippen molar-refractivity contribution in [2.75, 3.05) is 6.54 Å². The van der Waals surface area contributed by atoms with Crippen molar-refractivity contribution in [3.63, 3.8) is 0 Å². The largest absolute Gasteiger partial charge is 0.344 e. The first-order chi connectivity index (χ1) is 22.8. The molecule has 5 amide bonds. The molecular formula is C36H68N7O6. The quantitative estimate of drug-likeness (QED) is 0.0702. The number of nitrogens with one attached hydrogen (secondary N) is 5. The second-order valence-corrected chi connectivity index (χ2v) is 15.5. The molecule has 0 aromatic carbocycles. The molecule has 6 atom stereocenters. The molecule has 49 heavy (non-hydrogen) atoms. The van der Waals surface area contributed by atoms with Gasteiger partial charge >= 0.3 is 0 Å². The van der Waals surface area contributed by atoms with Gasteiger partial charge in [0.1, 0.15) is 24.2 Å². The molecule has 283 valence electrons. The molecule has 0 unspecified atom stereocenters. The van der Waals surface area contributed by atoms with Gasteiger partial charge in [-0.25, -0.2) is 0 Å². The number of rotatable bonds is 25. The highest BCUT2D eigenvalue weighted by Crippen LogP contribution is 2.13. The van der Waals surface area contributed by atoms with Gasteiger partial charge in [-0.2, -0.15) is 0 Å². The maximum atomic E-state index is 13.8. The van der Waals surface area contributed by atoms with Gasteiger partial charge in [-0.05, 0) is 87.5 Å². The molecule has 0 aromatic heterocycles. The molecule has 13 heteroatoms. The Morgan fingerprint density at radius 3 is 1.20 bits per heavy atom. The minimum atomic E-state index is -1.02. The predicted molar refractivity (Wildman–Crippen MR) is 194 cm³/mol. The van der Waals surface area contributed by atoms with E-state index in [2.05, 4.69) is 26.6 Å². The predicted octanol–water partition coefficient (Wildman–Crippen LogP) is 2.21. The topological polar surface area (TPSA) is 215 Å². The van der Waals surface area contributed by atoms with E-state index in [1.165, 1.54) is 0 Å². The monoisotopic (exact) mass is 695 g/mol. The van der Waals surface area contributed by atoms with Crippen LogP contribution in [0.4, 0.5) is 0 Å². The van der Waals surface area contributed by atoms with Gasteiger partial charge in [0.15, 0.2) is 0 Å². The van der Waals surface area contributed by atoms with E-state index in [1.54, 1.807) is 0 Å². The van der Waals surface area contributed by atoms with Crippen LogP contribution in [0.25, 0.3) is 0 Å². The smallest absolute Gasteiger partial charge is 0.243 e. The van der Waals surface area contributed by atoms with Crippen molar-refractivity contribution in [3.8, 4) is 0 Å². The first-order valence-electron chi connectivity index (χ1n) is 18.2. The van der Waals surface area contributed by atoms with Crippen molar-refractivity contribution >= 4 is 35.8 Å². The van der Waals surface area contributed by atoms with Crippen LogP contribution in [0.5, 0.6) is 0 Å². The summed E-state index contributed by atoms with van der Waals surface area (Å²) in [5, 5.41) is 13.9. The van der Waals surface area contributed by atoms with Crippen molar-refractivity contribution < 1.29 is 28.8 Å². The second kappa shape index (κ2) is 24.2. The van der Waals surface area contributed by atoms with Crippen molar-refractivity contribution in [3.05, 3.63) is 0 Å². The van der Waals surface area contributed by atoms with Gasteiger partial charge in [0.05, 0.1) is 12.1 Å². The molecule has 0 saturated carbocycles. The zero-order valence-electron chi connectivity index (χ0n) is 31.8. The summed E-state index contributed by atoms with van der Waals surface area (Å²) in [5.74, 6) is -2.12. The standard InChI is InChI=1S/C36H68N7O6/c1-21(2)15-26(20-44)39-34(47)29(17-23(5)6)42-33(46)28(13-11-12-14-37)40-35(48)31(19-25(9)10)43-36(49)30(18-24(7)8)41-32(45)27(38)16-22(3)4/h21-31H,11-19,37-38H2,1-10H3,(H,39,47)(H,40,48)(H,41,45)(H,42,46)(H,43,49)/t26-,27-,28-,29-,30-,31-/m0/s1. The minimum absolute atomic E-state index is 0.00528. The maximum absolute atomic E-state index is 13.8. The minimum Gasteiger partial charge on any atom is -0.344 e. The van der Waals surface area contributed by atoms with Gasteiger partial charge in [-0.3, -0.25) is 28.8 Å². The van der Waals surface area contributed by atoms with Gasteiger partial charge in [0.25, 0.3) is 0 Å². The van der Waals surface area contributed by atoms with Gasteiger partial charge in [-0.15, -0.1) is 0 Å². The summed E-state index contributed by atoms with van der Waals surface area (Å²) in [5.41, 5.74) is 11.8. The number of carbonyl (C=O) groups is 5. The molecule has 9 N–H and O–H groups in total. The van der Waals surface area contributed by atoms with Crippen LogP contribution in [0.15, 0.2) is 0 Å². The third kappa shape index (κ3) is 20.3. The first kappa shape index (κ1) is 45.9. The zero-order valence-corrected chi connectivity index (χ0v) is 31.8. The van der Waals surface area contributed by atoms with Crippen LogP contribution in [0.1, 0.15) is 121 Å². The van der Waals surface area contributed by atoms with Crippen LogP contribution in [0.2, 0.25) is 0 Å². The molecule has 13 nitrogen and oxygen atoms in total. The number of carbonyl (C=O) groups excluding carboxylic acids is 6. The summed E-state index contributed by atoms with van der Waals surface area (Å²) in [6, 6.07) is -5.45. The Bertz CT molecular complexity index is 1030. The Morgan fingerprint density at radius 2 is 0.837 bits per heavy atom. The van der Waals surface area contributed by atoms with Crippen LogP contribution in [0.3, 0.4) is 0 Å². The van der Waals surface area contributed by atoms with Crippen molar-refractivity contribution in [2.45, 2.75) is 157 Å². The third-order valence-corrected chi connectivity index (χ3v) is 7.83. The van der Waals surface area contributed by atoms with Crippen LogP contribution in [0, 0.1) is 29.6 Å². The Labute approximate surface area is 295 Å². The van der Waals surface area contributed by atoms with Gasteiger partial charge in [-0.1, -0.05) is 69.2 Å². The lowest BCUT2D eigenvalue weighted by molar-refractivity contribution is -0.135. The fraction of sp³-hybridized carbons (Fsp3) is 0.833. The Balaban J connectivity index is 6.12. The number of hydrogen-bond acceptors (Lipinski definition) is 8. The summed E-state index contributed by atoms with van der Waals surface area (Å²) in [6.07, 6.45) is 5.07. The van der Waals surface area contributed by atoms with E-state index < -0.39 is 65.8 Å². The van der Waals surface area contributed by atoms with Crippen LogP contribution in [-0.4, -0.2) is 78.6 Å². The molecule has 0 bridgehead atoms. The third-order valence-electron chi connectivity index (χ3n) is 7.83. The molecule has 0 saturated heterocycles. The van der Waals surface area contributed by atoms with Gasteiger partial charge in [0, 0.05) is 0 Å². The summed E-state index contributed by atoms with van der Waals surface area (Å²) in [6.45, 7) is 19.7. The number of amides is 5. The molecule has 0 fully saturated rings. The van der Waals surface area contributed by atoms with E-state index in [1.807, 2.05) is 75.5 Å². The molecular weight excluding hydrogens is 626 g/mol. The van der Waals surface area contributed by atoms with Crippen molar-refractivity contribution in [1.82, 2.24) is 26.6 Å². The van der Waals surface area contributed by atoms with Gasteiger partial charge < -0.3 is 38.1 Å². The first-order valence-corrected chi connectivity index (χ1v) is 18.2. The summed E-state index contributed by atoms with van der Waals surface area (Å²) >= 11 is 0. The normalized spacial score (nSPS) is 15.4. The lowest BCUT2D eigenvalue weighted by Crippen LogP contribution is -2.59. The SMILES string of the molecule is CC(C)C[C@@H]([C]=O)NC(=O)[C@H](CC(C)C)NC(=O)[C@H](CCCCN)NC(=O)[C@H](CC(C)C)NC(=O)[C@H](CC(C)C)NC(=O)[C@@H](N)CC(C)C. The average molecular weight is 695 g/mol. The van der Waals surface area contributed by atoms with E-state index in [9.17, 15) is 28.8 Å². The molecule has 0 heterocycles. The van der Waals surface area contributed by atoms with Crippen molar-refractivity contribution in [2.24, 2.45) is 41.1 Å². The summed E-state index contributed by atoms with van der Waals surface area (Å²) in [7, 11) is 0. The maximum Gasteiger partial charge on any atom is 0.243 e. The second-order valence-electron chi connectivity index (χ2n) is 15.5. The van der Waals surface area contributed by atoms with E-state index in [-0.39, 0.29) is 42.4 Å². The van der Waals surface area contributed by atoms with Crippen molar-refractivity contribution in [1.29, 1.82) is 0 Å². The lowest BCUT2D eigenvalue weighted by atomic mass is 9.98. The molecule has 0 aliphatic heterocycles. The Kier molecular flexibility index (Phi) is 22.6. The van der Waals surface area contributed by atoms with E-state index >= 15 is 0 Å². The molecule has 0 aliphatic rings. The van der Waals surface area contributed by atoms with E-state index in [0.717, 1.165) is 0 Å². The molecule has 0 rings (SSSR count).